The number of fused-ring (bicyclic) bond motifs is 1. The lowest BCUT2D eigenvalue weighted by molar-refractivity contribution is -0.218. The largest absolute Gasteiger partial charge is 0.493 e. The average Bonchev–Trinajstić information content (AvgIpc) is 3.68. The summed E-state index contributed by atoms with van der Waals surface area (Å²) in [6.07, 6.45) is 3.76. The van der Waals surface area contributed by atoms with Crippen molar-refractivity contribution in [1.82, 2.24) is 9.55 Å². The smallest absolute Gasteiger partial charge is 0.389 e. The zero-order valence-corrected chi connectivity index (χ0v) is 22.2. The van der Waals surface area contributed by atoms with Crippen LogP contribution >= 0.6 is 0 Å². The Morgan fingerprint density at radius 2 is 2.00 bits per heavy atom. The highest BCUT2D eigenvalue weighted by atomic mass is 16.5. The Morgan fingerprint density at radius 3 is 2.71 bits per heavy atom. The molecule has 0 spiro atoms. The highest BCUT2D eigenvalue weighted by Crippen LogP contribution is 2.44. The number of aryl methyl sites for hydroxylation is 1. The van der Waals surface area contributed by atoms with Gasteiger partial charge in [0, 0.05) is 67.9 Å². The number of ether oxygens (including phenoxy) is 2. The second-order valence-electron chi connectivity index (χ2n) is 11.6. The molecular formula is C31H33N2O5+. The number of carboxylic acid groups (broad SMARTS) is 1. The summed E-state index contributed by atoms with van der Waals surface area (Å²) < 4.78 is 12.6. The molecule has 7 heteroatoms. The quantitative estimate of drug-likeness (QED) is 0.352. The van der Waals surface area contributed by atoms with Gasteiger partial charge in [0.25, 0.3) is 11.7 Å². The van der Waals surface area contributed by atoms with Crippen LogP contribution in [0.15, 0.2) is 47.4 Å². The van der Waals surface area contributed by atoms with Crippen LogP contribution in [0.3, 0.4) is 0 Å². The molecule has 2 aliphatic rings. The summed E-state index contributed by atoms with van der Waals surface area (Å²) >= 11 is 0. The summed E-state index contributed by atoms with van der Waals surface area (Å²) in [7, 11) is 0. The first-order valence-corrected chi connectivity index (χ1v) is 13.3. The Balaban J connectivity index is 1.74. The number of pyridine rings is 2. The number of aliphatic hydroxyl groups is 2. The Morgan fingerprint density at radius 1 is 1.21 bits per heavy atom. The molecule has 2 aromatic heterocycles. The molecule has 0 bridgehead atoms. The standard InChI is InChI=1S/C31H32N2O5/c1-17-15-22-20(8-10-24(34)33(22)16-18-5-6-18)27(25(17)29(30(35)36)38-31(2,3)4)21-7-9-23-26-19(12-14-37-23)11-13-32-28(21)26/h7-11,13,15,18,29H,5-6,12,14,16H2,1-4H3,(H,35,36)/p+1. The third-order valence-corrected chi connectivity index (χ3v) is 7.54. The van der Waals surface area contributed by atoms with E-state index >= 15 is 0 Å². The molecule has 0 amide bonds. The lowest BCUT2D eigenvalue weighted by Gasteiger charge is -2.26. The molecule has 6 rings (SSSR count). The van der Waals surface area contributed by atoms with Crippen molar-refractivity contribution in [3.05, 3.63) is 69.6 Å². The highest BCUT2D eigenvalue weighted by Gasteiger charge is 2.37. The van der Waals surface area contributed by atoms with Gasteiger partial charge in [-0.15, -0.1) is 0 Å². The minimum Gasteiger partial charge on any atom is -0.493 e. The van der Waals surface area contributed by atoms with Gasteiger partial charge in [-0.25, -0.2) is 4.79 Å². The molecule has 1 fully saturated rings. The van der Waals surface area contributed by atoms with E-state index in [9.17, 15) is 14.7 Å². The van der Waals surface area contributed by atoms with Crippen LogP contribution in [0.4, 0.5) is 0 Å². The number of rotatable bonds is 6. The Labute approximate surface area is 221 Å². The van der Waals surface area contributed by atoms with Gasteiger partial charge in [0.1, 0.15) is 5.75 Å². The summed E-state index contributed by atoms with van der Waals surface area (Å²) in [5.41, 5.74) is 5.16. The number of hydrogen-bond acceptors (Lipinski definition) is 4. The first kappa shape index (κ1) is 24.6. The molecule has 7 nitrogen and oxygen atoms in total. The van der Waals surface area contributed by atoms with Crippen molar-refractivity contribution in [1.29, 1.82) is 0 Å². The van der Waals surface area contributed by atoms with Gasteiger partial charge in [-0.3, -0.25) is 9.78 Å². The number of carbonyl (C=O) groups is 1. The first-order valence-electron chi connectivity index (χ1n) is 13.3. The number of carboxylic acids is 1. The molecule has 1 aliphatic carbocycles. The van der Waals surface area contributed by atoms with E-state index < -0.39 is 17.7 Å². The van der Waals surface area contributed by atoms with Crippen LogP contribution in [-0.4, -0.2) is 37.6 Å². The number of nitrogens with zero attached hydrogens (tertiary/aromatic N) is 2. The van der Waals surface area contributed by atoms with Crippen LogP contribution < -0.4 is 10.3 Å². The topological polar surface area (TPSA) is 94.2 Å². The van der Waals surface area contributed by atoms with E-state index in [2.05, 4.69) is 0 Å². The van der Waals surface area contributed by atoms with Crippen molar-refractivity contribution in [3.63, 3.8) is 0 Å². The van der Waals surface area contributed by atoms with E-state index in [1.54, 1.807) is 6.07 Å². The molecule has 4 aromatic rings. The summed E-state index contributed by atoms with van der Waals surface area (Å²) in [6.45, 7) is 8.93. The summed E-state index contributed by atoms with van der Waals surface area (Å²) in [5, 5.41) is 12.2. The fourth-order valence-corrected chi connectivity index (χ4v) is 5.71. The maximum absolute atomic E-state index is 13.0. The van der Waals surface area contributed by atoms with Crippen molar-refractivity contribution < 1.29 is 19.4 Å². The van der Waals surface area contributed by atoms with Crippen LogP contribution in [0.5, 0.6) is 5.75 Å². The lowest BCUT2D eigenvalue weighted by Crippen LogP contribution is -2.32. The minimum absolute atomic E-state index is 0.0416. The van der Waals surface area contributed by atoms with Crippen LogP contribution in [-0.2, 0) is 17.8 Å². The fraction of sp³-hybridized carbons (Fsp3) is 0.387. The summed E-state index contributed by atoms with van der Waals surface area (Å²) in [5.74, 6) is 0.286. The monoisotopic (exact) mass is 513 g/mol. The van der Waals surface area contributed by atoms with Gasteiger partial charge >= 0.3 is 5.97 Å². The molecule has 0 radical (unpaired) electrons. The zero-order valence-electron chi connectivity index (χ0n) is 22.2. The molecular weight excluding hydrogens is 480 g/mol. The Kier molecular flexibility index (Phi) is 5.80. The van der Waals surface area contributed by atoms with Gasteiger partial charge in [0.05, 0.1) is 23.2 Å². The predicted molar refractivity (Wildman–Crippen MR) is 148 cm³/mol. The maximum atomic E-state index is 13.0. The van der Waals surface area contributed by atoms with Gasteiger partial charge in [0.15, 0.2) is 5.60 Å². The molecule has 2 N–H and O–H groups in total. The fourth-order valence-electron chi connectivity index (χ4n) is 5.71. The zero-order chi connectivity index (χ0) is 26.8. The first-order chi connectivity index (χ1) is 18.1. The lowest BCUT2D eigenvalue weighted by atomic mass is 9.86. The van der Waals surface area contributed by atoms with Gasteiger partial charge in [-0.05, 0) is 67.1 Å². The SMILES string of the molecule is Cc1cc2c(ccc(=O)n2CC2CC2)c(-c2ccc3c4c(ccnc24)CCO3)c1C([OH+]C(C)(C)C)C(=O)O. The Hall–Kier alpha value is -3.71. The van der Waals surface area contributed by atoms with Crippen molar-refractivity contribution in [3.8, 4) is 16.9 Å². The molecule has 1 aliphatic heterocycles. The molecule has 2 aromatic carbocycles. The highest BCUT2D eigenvalue weighted by molar-refractivity contribution is 6.08. The average molecular weight is 514 g/mol. The molecule has 38 heavy (non-hydrogen) atoms. The molecule has 0 saturated heterocycles. The summed E-state index contributed by atoms with van der Waals surface area (Å²) in [4.78, 5) is 30.6. The molecule has 3 heterocycles. The minimum atomic E-state index is -1.08. The number of benzene rings is 2. The number of aliphatic carboxylic acids is 1. The van der Waals surface area contributed by atoms with Crippen molar-refractivity contribution in [2.45, 2.75) is 65.2 Å². The molecule has 1 saturated carbocycles. The van der Waals surface area contributed by atoms with Crippen molar-refractivity contribution in [2.24, 2.45) is 5.92 Å². The van der Waals surface area contributed by atoms with Crippen LogP contribution in [0.1, 0.15) is 56.4 Å². The van der Waals surface area contributed by atoms with E-state index in [4.69, 9.17) is 14.5 Å². The second kappa shape index (κ2) is 8.95. The van der Waals surface area contributed by atoms with Gasteiger partial charge < -0.3 is 19.1 Å². The predicted octanol–water partition coefficient (Wildman–Crippen LogP) is 5.32. The van der Waals surface area contributed by atoms with Gasteiger partial charge in [0.2, 0.25) is 0 Å². The van der Waals surface area contributed by atoms with E-state index in [0.29, 0.717) is 24.6 Å². The third-order valence-electron chi connectivity index (χ3n) is 7.54. The van der Waals surface area contributed by atoms with Crippen LogP contribution in [0.2, 0.25) is 0 Å². The molecule has 1 atom stereocenters. The molecule has 196 valence electrons. The van der Waals surface area contributed by atoms with Gasteiger partial charge in [-0.2, -0.15) is 0 Å². The van der Waals surface area contributed by atoms with E-state index in [0.717, 1.165) is 69.1 Å². The van der Waals surface area contributed by atoms with E-state index in [1.165, 1.54) is 0 Å². The second-order valence-corrected chi connectivity index (χ2v) is 11.6. The number of hydrogen-bond donors (Lipinski definition) is 1. The van der Waals surface area contributed by atoms with Crippen molar-refractivity contribution in [2.75, 3.05) is 6.61 Å². The van der Waals surface area contributed by atoms with Gasteiger partial charge in [-0.1, -0.05) is 0 Å². The molecule has 1 unspecified atom stereocenters. The Bertz CT molecular complexity index is 1650. The van der Waals surface area contributed by atoms with Crippen LogP contribution in [0.25, 0.3) is 32.9 Å². The third kappa shape index (κ3) is 4.25. The van der Waals surface area contributed by atoms with Crippen molar-refractivity contribution >= 4 is 27.8 Å². The number of aromatic nitrogens is 2. The maximum Gasteiger partial charge on any atom is 0.389 e. The van der Waals surface area contributed by atoms with E-state index in [1.807, 2.05) is 68.8 Å². The van der Waals surface area contributed by atoms with E-state index in [-0.39, 0.29) is 5.56 Å². The normalized spacial score (nSPS) is 16.0. The summed E-state index contributed by atoms with van der Waals surface area (Å²) in [6, 6.07) is 11.4. The van der Waals surface area contributed by atoms with Crippen LogP contribution in [0, 0.1) is 12.8 Å².